The number of anilines is 2. The maximum absolute atomic E-state index is 11.6. The molecule has 1 aromatic carbocycles. The van der Waals surface area contributed by atoms with Crippen molar-refractivity contribution in [2.45, 2.75) is 25.7 Å². The van der Waals surface area contributed by atoms with Gasteiger partial charge in [0.1, 0.15) is 5.82 Å². The Kier molecular flexibility index (Phi) is 6.76. The Morgan fingerprint density at radius 3 is 2.65 bits per heavy atom. The van der Waals surface area contributed by atoms with Gasteiger partial charge in [-0.1, -0.05) is 12.1 Å². The molecule has 5 rings (SSSR count). The summed E-state index contributed by atoms with van der Waals surface area (Å²) >= 11 is 0. The maximum atomic E-state index is 11.6. The fourth-order valence-electron chi connectivity index (χ4n) is 4.61. The number of ether oxygens (including phenoxy) is 2. The molecule has 2 aromatic heterocycles. The Morgan fingerprint density at radius 1 is 0.941 bits per heavy atom. The van der Waals surface area contributed by atoms with Crippen LogP contribution < -0.4 is 19.7 Å². The van der Waals surface area contributed by atoms with Crippen molar-refractivity contribution < 1.29 is 14.3 Å². The predicted molar refractivity (Wildman–Crippen MR) is 133 cm³/mol. The zero-order valence-corrected chi connectivity index (χ0v) is 19.6. The third-order valence-corrected chi connectivity index (χ3v) is 6.55. The number of carbonyl (C=O) groups excluding carboxylic acids is 1. The number of fused-ring (bicyclic) bond motifs is 2. The molecule has 1 fully saturated rings. The van der Waals surface area contributed by atoms with Gasteiger partial charge in [-0.25, -0.2) is 4.98 Å². The SMILES string of the molecule is COc1ccc2cccc(N3CCN(CCCCOc4ccc5c(n4)NC(=O)CC5)CC3)c2n1. The van der Waals surface area contributed by atoms with Crippen LogP contribution in [0.3, 0.4) is 0 Å². The number of unbranched alkanes of at least 4 members (excludes halogenated alkanes) is 1. The number of para-hydroxylation sites is 1. The van der Waals surface area contributed by atoms with E-state index in [2.05, 4.69) is 44.4 Å². The molecule has 1 N–H and O–H groups in total. The highest BCUT2D eigenvalue weighted by Gasteiger charge is 2.19. The summed E-state index contributed by atoms with van der Waals surface area (Å²) in [5.74, 6) is 1.89. The van der Waals surface area contributed by atoms with Crippen molar-refractivity contribution in [1.82, 2.24) is 14.9 Å². The van der Waals surface area contributed by atoms with E-state index >= 15 is 0 Å². The third-order valence-electron chi connectivity index (χ3n) is 6.55. The van der Waals surface area contributed by atoms with Crippen molar-refractivity contribution in [1.29, 1.82) is 0 Å². The second kappa shape index (κ2) is 10.3. The molecule has 4 heterocycles. The van der Waals surface area contributed by atoms with Crippen molar-refractivity contribution in [3.63, 3.8) is 0 Å². The lowest BCUT2D eigenvalue weighted by atomic mass is 10.1. The maximum Gasteiger partial charge on any atom is 0.225 e. The lowest BCUT2D eigenvalue weighted by Crippen LogP contribution is -2.46. The van der Waals surface area contributed by atoms with Gasteiger partial charge < -0.3 is 19.7 Å². The van der Waals surface area contributed by atoms with E-state index in [-0.39, 0.29) is 5.91 Å². The molecule has 2 aliphatic heterocycles. The minimum atomic E-state index is 0.0219. The van der Waals surface area contributed by atoms with E-state index in [1.807, 2.05) is 18.2 Å². The molecule has 1 saturated heterocycles. The van der Waals surface area contributed by atoms with Crippen LogP contribution in [-0.2, 0) is 11.2 Å². The molecule has 8 heteroatoms. The number of aromatic nitrogens is 2. The molecule has 0 atom stereocenters. The first-order chi connectivity index (χ1) is 16.7. The summed E-state index contributed by atoms with van der Waals surface area (Å²) in [5, 5.41) is 3.96. The molecule has 0 saturated carbocycles. The summed E-state index contributed by atoms with van der Waals surface area (Å²) in [6.45, 7) is 5.73. The summed E-state index contributed by atoms with van der Waals surface area (Å²) in [6.07, 6.45) is 3.32. The van der Waals surface area contributed by atoms with E-state index in [0.29, 0.717) is 30.6 Å². The second-order valence-corrected chi connectivity index (χ2v) is 8.79. The topological polar surface area (TPSA) is 79.8 Å². The minimum Gasteiger partial charge on any atom is -0.481 e. The zero-order chi connectivity index (χ0) is 23.3. The molecule has 0 unspecified atom stereocenters. The van der Waals surface area contributed by atoms with E-state index in [4.69, 9.17) is 14.5 Å². The Labute approximate surface area is 199 Å². The quantitative estimate of drug-likeness (QED) is 0.514. The number of nitrogens with zero attached hydrogens (tertiary/aromatic N) is 4. The standard InChI is InChI=1S/C26H31N5O3/c1-33-23-11-8-19-5-4-6-21(25(19)28-23)31-16-14-30(15-17-31)13-2-3-18-34-24-12-9-20-7-10-22(32)27-26(20)29-24/h4-6,8-9,11-12H,2-3,7,10,13-18H2,1H3,(H,27,29,32). The fraction of sp³-hybridized carbons (Fsp3) is 0.423. The van der Waals surface area contributed by atoms with Gasteiger partial charge in [-0.3, -0.25) is 9.69 Å². The number of nitrogens with one attached hydrogen (secondary N) is 1. The third kappa shape index (κ3) is 5.07. The van der Waals surface area contributed by atoms with Crippen LogP contribution in [0.2, 0.25) is 0 Å². The van der Waals surface area contributed by atoms with Gasteiger partial charge in [0, 0.05) is 50.1 Å². The summed E-state index contributed by atoms with van der Waals surface area (Å²) in [6, 6.07) is 14.2. The minimum absolute atomic E-state index is 0.0219. The van der Waals surface area contributed by atoms with Crippen LogP contribution in [0.25, 0.3) is 10.9 Å². The second-order valence-electron chi connectivity index (χ2n) is 8.79. The number of rotatable bonds is 8. The van der Waals surface area contributed by atoms with Gasteiger partial charge in [0.05, 0.1) is 24.9 Å². The van der Waals surface area contributed by atoms with Crippen molar-refractivity contribution in [2.24, 2.45) is 0 Å². The number of hydrogen-bond donors (Lipinski definition) is 1. The van der Waals surface area contributed by atoms with Gasteiger partial charge in [0.25, 0.3) is 0 Å². The van der Waals surface area contributed by atoms with Gasteiger partial charge in [0.2, 0.25) is 17.7 Å². The smallest absolute Gasteiger partial charge is 0.225 e. The van der Waals surface area contributed by atoms with Crippen molar-refractivity contribution in [3.8, 4) is 11.8 Å². The molecule has 0 aliphatic carbocycles. The molecule has 178 valence electrons. The first-order valence-corrected chi connectivity index (χ1v) is 12.0. The number of methoxy groups -OCH3 is 1. The first-order valence-electron chi connectivity index (χ1n) is 12.0. The summed E-state index contributed by atoms with van der Waals surface area (Å²) in [7, 11) is 1.66. The lowest BCUT2D eigenvalue weighted by molar-refractivity contribution is -0.116. The average Bonchev–Trinajstić information content (AvgIpc) is 2.88. The molecular weight excluding hydrogens is 430 g/mol. The predicted octanol–water partition coefficient (Wildman–Crippen LogP) is 3.50. The Hall–Kier alpha value is -3.39. The Bertz CT molecular complexity index is 1160. The van der Waals surface area contributed by atoms with E-state index < -0.39 is 0 Å². The van der Waals surface area contributed by atoms with Crippen LogP contribution in [0.15, 0.2) is 42.5 Å². The molecule has 0 spiro atoms. The van der Waals surface area contributed by atoms with Gasteiger partial charge in [-0.2, -0.15) is 4.98 Å². The van der Waals surface area contributed by atoms with Crippen LogP contribution in [0.5, 0.6) is 11.8 Å². The van der Waals surface area contributed by atoms with E-state index in [0.717, 1.165) is 68.5 Å². The van der Waals surface area contributed by atoms with Crippen LogP contribution in [-0.4, -0.2) is 67.2 Å². The number of carbonyl (C=O) groups is 1. The largest absolute Gasteiger partial charge is 0.481 e. The fourth-order valence-corrected chi connectivity index (χ4v) is 4.61. The average molecular weight is 462 g/mol. The van der Waals surface area contributed by atoms with E-state index in [9.17, 15) is 4.79 Å². The number of piperazine rings is 1. The number of amides is 1. The molecule has 3 aromatic rings. The van der Waals surface area contributed by atoms with Gasteiger partial charge in [0.15, 0.2) is 0 Å². The first kappa shape index (κ1) is 22.4. The molecule has 1 amide bonds. The monoisotopic (exact) mass is 461 g/mol. The highest BCUT2D eigenvalue weighted by atomic mass is 16.5. The van der Waals surface area contributed by atoms with Crippen molar-refractivity contribution >= 4 is 28.3 Å². The van der Waals surface area contributed by atoms with Crippen LogP contribution >= 0.6 is 0 Å². The van der Waals surface area contributed by atoms with Gasteiger partial charge in [-0.15, -0.1) is 0 Å². The number of pyridine rings is 2. The summed E-state index contributed by atoms with van der Waals surface area (Å²) in [5.41, 5.74) is 3.26. The Morgan fingerprint density at radius 2 is 1.79 bits per heavy atom. The molecule has 8 nitrogen and oxygen atoms in total. The van der Waals surface area contributed by atoms with Crippen LogP contribution in [0.1, 0.15) is 24.8 Å². The Balaban J connectivity index is 1.06. The molecule has 2 aliphatic rings. The van der Waals surface area contributed by atoms with Crippen molar-refractivity contribution in [3.05, 3.63) is 48.0 Å². The molecular formula is C26H31N5O3. The highest BCUT2D eigenvalue weighted by Crippen LogP contribution is 2.28. The van der Waals surface area contributed by atoms with E-state index in [1.54, 1.807) is 7.11 Å². The zero-order valence-electron chi connectivity index (χ0n) is 19.6. The van der Waals surface area contributed by atoms with Crippen LogP contribution in [0.4, 0.5) is 11.5 Å². The molecule has 0 radical (unpaired) electrons. The van der Waals surface area contributed by atoms with Crippen LogP contribution in [0, 0.1) is 0 Å². The van der Waals surface area contributed by atoms with Gasteiger partial charge >= 0.3 is 0 Å². The molecule has 34 heavy (non-hydrogen) atoms. The molecule has 0 bridgehead atoms. The normalized spacial score (nSPS) is 16.3. The number of hydrogen-bond acceptors (Lipinski definition) is 7. The van der Waals surface area contributed by atoms with Gasteiger partial charge in [-0.05, 0) is 49.6 Å². The van der Waals surface area contributed by atoms with Crippen molar-refractivity contribution in [2.75, 3.05) is 56.7 Å². The summed E-state index contributed by atoms with van der Waals surface area (Å²) in [4.78, 5) is 25.6. The van der Waals surface area contributed by atoms with E-state index in [1.165, 1.54) is 5.69 Å². The lowest BCUT2D eigenvalue weighted by Gasteiger charge is -2.36. The number of aryl methyl sites for hydroxylation is 1. The highest BCUT2D eigenvalue weighted by molar-refractivity contribution is 5.93. The summed E-state index contributed by atoms with van der Waals surface area (Å²) < 4.78 is 11.2. The number of benzene rings is 1.